The zero-order valence-corrected chi connectivity index (χ0v) is 11.8. The number of anilines is 1. The van der Waals surface area contributed by atoms with Crippen molar-refractivity contribution >= 4 is 11.9 Å². The van der Waals surface area contributed by atoms with Gasteiger partial charge in [0.25, 0.3) is 0 Å². The summed E-state index contributed by atoms with van der Waals surface area (Å²) >= 11 is 0. The van der Waals surface area contributed by atoms with Crippen molar-refractivity contribution in [1.82, 2.24) is 4.98 Å². The van der Waals surface area contributed by atoms with Crippen molar-refractivity contribution in [3.8, 4) is 11.1 Å². The van der Waals surface area contributed by atoms with Gasteiger partial charge in [-0.1, -0.05) is 4.57 Å². The van der Waals surface area contributed by atoms with Gasteiger partial charge in [-0.2, -0.15) is 4.79 Å². The van der Waals surface area contributed by atoms with E-state index in [1.54, 1.807) is 24.7 Å². The second kappa shape index (κ2) is 5.28. The molecule has 2 aromatic heterocycles. The quantitative estimate of drug-likeness (QED) is 0.809. The Morgan fingerprint density at radius 2 is 1.80 bits per heavy atom. The summed E-state index contributed by atoms with van der Waals surface area (Å²) in [6, 6.07) is 7.29. The lowest BCUT2D eigenvalue weighted by Gasteiger charge is -2.15. The molecule has 2 rings (SSSR count). The molecule has 0 bridgehead atoms. The highest BCUT2D eigenvalue weighted by molar-refractivity contribution is 5.63. The molecular formula is C15H18N3O2+. The van der Waals surface area contributed by atoms with E-state index in [0.29, 0.717) is 5.82 Å². The highest BCUT2D eigenvalue weighted by atomic mass is 16.6. The molecule has 0 amide bonds. The number of nitrogens with two attached hydrogens (primary N) is 1. The van der Waals surface area contributed by atoms with Gasteiger partial charge in [-0.25, -0.2) is 4.98 Å². The normalized spacial score (nSPS) is 11.2. The third kappa shape index (κ3) is 3.54. The van der Waals surface area contributed by atoms with Crippen molar-refractivity contribution < 1.29 is 14.1 Å². The minimum Gasteiger partial charge on any atom is -0.406 e. The van der Waals surface area contributed by atoms with Crippen LogP contribution in [0.4, 0.5) is 10.6 Å². The Morgan fingerprint density at radius 3 is 2.30 bits per heavy atom. The first-order valence-corrected chi connectivity index (χ1v) is 6.32. The number of carbonyl (C=O) groups excluding carboxylic acids is 1. The molecule has 5 nitrogen and oxygen atoms in total. The van der Waals surface area contributed by atoms with Gasteiger partial charge in [0, 0.05) is 23.9 Å². The molecule has 0 fully saturated rings. The molecule has 0 unspecified atom stereocenters. The fraction of sp³-hybridized carbons (Fsp3) is 0.267. The Hall–Kier alpha value is -2.43. The maximum atomic E-state index is 11.9. The van der Waals surface area contributed by atoms with E-state index in [-0.39, 0.29) is 0 Å². The van der Waals surface area contributed by atoms with Crippen LogP contribution >= 0.6 is 0 Å². The predicted molar refractivity (Wildman–Crippen MR) is 75.9 cm³/mol. The number of rotatable bonds is 1. The van der Waals surface area contributed by atoms with Crippen LogP contribution in [0, 0.1) is 0 Å². The summed E-state index contributed by atoms with van der Waals surface area (Å²) in [6.07, 6.45) is 4.63. The van der Waals surface area contributed by atoms with E-state index in [1.165, 1.54) is 4.57 Å². The number of hydrogen-bond donors (Lipinski definition) is 1. The van der Waals surface area contributed by atoms with Crippen LogP contribution in [-0.4, -0.2) is 16.7 Å². The number of ether oxygens (including phenoxy) is 1. The molecule has 2 N–H and O–H groups in total. The maximum absolute atomic E-state index is 11.9. The van der Waals surface area contributed by atoms with Gasteiger partial charge in [-0.3, -0.25) is 0 Å². The van der Waals surface area contributed by atoms with Gasteiger partial charge < -0.3 is 10.5 Å². The number of hydrogen-bond acceptors (Lipinski definition) is 4. The molecule has 0 radical (unpaired) electrons. The van der Waals surface area contributed by atoms with E-state index in [2.05, 4.69) is 4.98 Å². The van der Waals surface area contributed by atoms with Gasteiger partial charge in [0.05, 0.1) is 0 Å². The van der Waals surface area contributed by atoms with Crippen molar-refractivity contribution in [1.29, 1.82) is 0 Å². The minimum absolute atomic E-state index is 0.403. The summed E-state index contributed by atoms with van der Waals surface area (Å²) in [5.74, 6) is 0.480. The smallest absolute Gasteiger partial charge is 0.406 e. The molecule has 0 saturated heterocycles. The van der Waals surface area contributed by atoms with Crippen LogP contribution in [0.25, 0.3) is 11.1 Å². The van der Waals surface area contributed by atoms with E-state index in [1.807, 2.05) is 39.0 Å². The summed E-state index contributed by atoms with van der Waals surface area (Å²) in [6.45, 7) is 5.50. The van der Waals surface area contributed by atoms with Gasteiger partial charge >= 0.3 is 6.09 Å². The summed E-state index contributed by atoms with van der Waals surface area (Å²) < 4.78 is 6.68. The van der Waals surface area contributed by atoms with Crippen LogP contribution in [0.3, 0.4) is 0 Å². The molecule has 0 aliphatic carbocycles. The molecule has 0 atom stereocenters. The van der Waals surface area contributed by atoms with Crippen LogP contribution in [-0.2, 0) is 4.74 Å². The first-order valence-electron chi connectivity index (χ1n) is 6.32. The molecule has 2 heterocycles. The molecule has 5 heteroatoms. The van der Waals surface area contributed by atoms with Gasteiger partial charge in [0.2, 0.25) is 0 Å². The number of pyridine rings is 2. The molecule has 2 aromatic rings. The average Bonchev–Trinajstić information content (AvgIpc) is 2.38. The minimum atomic E-state index is -0.510. The van der Waals surface area contributed by atoms with Crippen molar-refractivity contribution in [3.05, 3.63) is 42.9 Å². The number of nitrogen functional groups attached to an aromatic ring is 1. The monoisotopic (exact) mass is 272 g/mol. The molecule has 0 saturated carbocycles. The summed E-state index contributed by atoms with van der Waals surface area (Å²) in [4.78, 5) is 15.9. The van der Waals surface area contributed by atoms with E-state index >= 15 is 0 Å². The number of nitrogens with zero attached hydrogens (tertiary/aromatic N) is 2. The highest BCUT2D eigenvalue weighted by Crippen LogP contribution is 2.17. The van der Waals surface area contributed by atoms with E-state index in [4.69, 9.17) is 10.5 Å². The molecule has 0 aliphatic heterocycles. The Labute approximate surface area is 118 Å². The molecule has 104 valence electrons. The number of carbonyl (C=O) groups is 1. The Balaban J connectivity index is 2.18. The first-order chi connectivity index (χ1) is 9.35. The topological polar surface area (TPSA) is 69.1 Å². The third-order valence-corrected chi connectivity index (χ3v) is 2.55. The molecule has 0 spiro atoms. The van der Waals surface area contributed by atoms with Crippen molar-refractivity contribution in [2.24, 2.45) is 0 Å². The van der Waals surface area contributed by atoms with Crippen LogP contribution in [0.15, 0.2) is 42.9 Å². The molecule has 0 aliphatic rings. The first kappa shape index (κ1) is 14.0. The molecule has 0 aromatic carbocycles. The Bertz CT molecular complexity index is 599. The zero-order chi connectivity index (χ0) is 14.8. The van der Waals surface area contributed by atoms with E-state index in [9.17, 15) is 4.79 Å². The van der Waals surface area contributed by atoms with Crippen LogP contribution in [0.1, 0.15) is 20.8 Å². The lowest BCUT2D eigenvalue weighted by atomic mass is 10.1. The predicted octanol–water partition coefficient (Wildman–Crippen LogP) is 2.40. The fourth-order valence-electron chi connectivity index (χ4n) is 1.63. The summed E-state index contributed by atoms with van der Waals surface area (Å²) in [5, 5.41) is 0. The number of aromatic nitrogens is 2. The maximum Gasteiger partial charge on any atom is 0.602 e. The Morgan fingerprint density at radius 1 is 1.15 bits per heavy atom. The second-order valence-corrected chi connectivity index (χ2v) is 5.45. The van der Waals surface area contributed by atoms with Crippen LogP contribution in [0.5, 0.6) is 0 Å². The van der Waals surface area contributed by atoms with Gasteiger partial charge in [0.15, 0.2) is 12.4 Å². The van der Waals surface area contributed by atoms with Gasteiger partial charge in [-0.05, 0) is 38.5 Å². The van der Waals surface area contributed by atoms with E-state index in [0.717, 1.165) is 11.1 Å². The van der Waals surface area contributed by atoms with Gasteiger partial charge in [-0.15, -0.1) is 0 Å². The van der Waals surface area contributed by atoms with Crippen LogP contribution in [0.2, 0.25) is 0 Å². The van der Waals surface area contributed by atoms with Gasteiger partial charge in [0.1, 0.15) is 11.4 Å². The van der Waals surface area contributed by atoms with Crippen molar-refractivity contribution in [2.45, 2.75) is 26.4 Å². The average molecular weight is 272 g/mol. The van der Waals surface area contributed by atoms with Crippen LogP contribution < -0.4 is 10.3 Å². The SMILES string of the molecule is CC(C)(C)OC(=O)[n+]1ccc(-c2ccc(N)nc2)cc1. The lowest BCUT2D eigenvalue weighted by Crippen LogP contribution is -2.45. The van der Waals surface area contributed by atoms with Crippen molar-refractivity contribution in [3.63, 3.8) is 0 Å². The third-order valence-electron chi connectivity index (χ3n) is 2.55. The lowest BCUT2D eigenvalue weighted by molar-refractivity contribution is -0.588. The van der Waals surface area contributed by atoms with E-state index < -0.39 is 11.7 Å². The standard InChI is InChI=1S/C15H17N3O2/c1-15(2,3)20-14(19)18-8-6-11(7-9-18)12-4-5-13(16)17-10-12/h4-10,16H,1-3H3/p+1. The second-order valence-electron chi connectivity index (χ2n) is 5.45. The highest BCUT2D eigenvalue weighted by Gasteiger charge is 2.24. The summed E-state index contributed by atoms with van der Waals surface area (Å²) in [5.41, 5.74) is 6.94. The summed E-state index contributed by atoms with van der Waals surface area (Å²) in [7, 11) is 0. The largest absolute Gasteiger partial charge is 0.602 e. The molecular weight excluding hydrogens is 254 g/mol. The fourth-order valence-corrected chi connectivity index (χ4v) is 1.63. The Kier molecular flexibility index (Phi) is 3.70. The van der Waals surface area contributed by atoms with Crippen molar-refractivity contribution in [2.75, 3.05) is 5.73 Å². The molecule has 20 heavy (non-hydrogen) atoms. The zero-order valence-electron chi connectivity index (χ0n) is 11.8.